The van der Waals surface area contributed by atoms with Crippen molar-refractivity contribution >= 4 is 0 Å². The molecule has 0 bridgehead atoms. The van der Waals surface area contributed by atoms with Gasteiger partial charge in [0.05, 0.1) is 13.7 Å². The van der Waals surface area contributed by atoms with E-state index in [1.165, 1.54) is 5.56 Å². The molecule has 1 atom stereocenters. The second kappa shape index (κ2) is 6.43. The molecule has 0 aromatic heterocycles. The predicted molar refractivity (Wildman–Crippen MR) is 61.1 cm³/mol. The average Bonchev–Trinajstić information content (AvgIpc) is 2.31. The van der Waals surface area contributed by atoms with E-state index in [0.29, 0.717) is 12.6 Å². The molecule has 15 heavy (non-hydrogen) atoms. The van der Waals surface area contributed by atoms with Crippen LogP contribution in [0, 0.1) is 0 Å². The summed E-state index contributed by atoms with van der Waals surface area (Å²) in [5.74, 6) is 0.871. The van der Waals surface area contributed by atoms with Crippen molar-refractivity contribution in [1.82, 2.24) is 5.32 Å². The zero-order chi connectivity index (χ0) is 11.1. The molecule has 0 aliphatic carbocycles. The van der Waals surface area contributed by atoms with E-state index in [4.69, 9.17) is 9.84 Å². The highest BCUT2D eigenvalue weighted by Gasteiger charge is 2.07. The SMILES string of the molecule is CCC(NCCO)c1ccc(OC)cc1. The maximum atomic E-state index is 8.76. The minimum absolute atomic E-state index is 0.173. The number of hydrogen-bond donors (Lipinski definition) is 2. The molecular formula is C12H19NO2. The Morgan fingerprint density at radius 3 is 2.47 bits per heavy atom. The van der Waals surface area contributed by atoms with Crippen LogP contribution in [-0.4, -0.2) is 25.4 Å². The Kier molecular flexibility index (Phi) is 5.15. The Morgan fingerprint density at radius 2 is 2.00 bits per heavy atom. The maximum absolute atomic E-state index is 8.76. The summed E-state index contributed by atoms with van der Waals surface area (Å²) < 4.78 is 5.10. The van der Waals surface area contributed by atoms with Crippen LogP contribution < -0.4 is 10.1 Å². The van der Waals surface area contributed by atoms with E-state index in [0.717, 1.165) is 12.2 Å². The van der Waals surface area contributed by atoms with Gasteiger partial charge in [-0.3, -0.25) is 0 Å². The van der Waals surface area contributed by atoms with Gasteiger partial charge in [0.25, 0.3) is 0 Å². The van der Waals surface area contributed by atoms with E-state index in [1.54, 1.807) is 7.11 Å². The van der Waals surface area contributed by atoms with Crippen LogP contribution >= 0.6 is 0 Å². The second-order valence-electron chi connectivity index (χ2n) is 3.41. The topological polar surface area (TPSA) is 41.5 Å². The van der Waals surface area contributed by atoms with Gasteiger partial charge in [-0.15, -0.1) is 0 Å². The van der Waals surface area contributed by atoms with Crippen molar-refractivity contribution in [2.75, 3.05) is 20.3 Å². The Labute approximate surface area is 91.1 Å². The molecule has 0 spiro atoms. The number of nitrogens with one attached hydrogen (secondary N) is 1. The van der Waals surface area contributed by atoms with Crippen molar-refractivity contribution in [3.63, 3.8) is 0 Å². The van der Waals surface area contributed by atoms with Crippen molar-refractivity contribution in [2.24, 2.45) is 0 Å². The molecule has 0 aliphatic heterocycles. The van der Waals surface area contributed by atoms with E-state index in [1.807, 2.05) is 12.1 Å². The zero-order valence-electron chi connectivity index (χ0n) is 9.36. The molecule has 1 aromatic carbocycles. The van der Waals surface area contributed by atoms with E-state index in [-0.39, 0.29) is 6.61 Å². The molecule has 0 amide bonds. The Balaban J connectivity index is 2.65. The fourth-order valence-electron chi connectivity index (χ4n) is 1.57. The highest BCUT2D eigenvalue weighted by Crippen LogP contribution is 2.19. The van der Waals surface area contributed by atoms with Gasteiger partial charge < -0.3 is 15.2 Å². The molecular weight excluding hydrogens is 190 g/mol. The van der Waals surface area contributed by atoms with Crippen LogP contribution in [0.4, 0.5) is 0 Å². The monoisotopic (exact) mass is 209 g/mol. The summed E-state index contributed by atoms with van der Waals surface area (Å²) in [5, 5.41) is 12.0. The van der Waals surface area contributed by atoms with E-state index >= 15 is 0 Å². The highest BCUT2D eigenvalue weighted by atomic mass is 16.5. The van der Waals surface area contributed by atoms with Gasteiger partial charge in [0.1, 0.15) is 5.75 Å². The van der Waals surface area contributed by atoms with Gasteiger partial charge in [0.15, 0.2) is 0 Å². The van der Waals surface area contributed by atoms with E-state index in [9.17, 15) is 0 Å². The van der Waals surface area contributed by atoms with Gasteiger partial charge in [0, 0.05) is 12.6 Å². The fraction of sp³-hybridized carbons (Fsp3) is 0.500. The van der Waals surface area contributed by atoms with Crippen LogP contribution in [0.15, 0.2) is 24.3 Å². The van der Waals surface area contributed by atoms with Crippen LogP contribution in [0.2, 0.25) is 0 Å². The lowest BCUT2D eigenvalue weighted by molar-refractivity contribution is 0.283. The van der Waals surface area contributed by atoms with Crippen molar-refractivity contribution in [3.05, 3.63) is 29.8 Å². The van der Waals surface area contributed by atoms with Gasteiger partial charge in [-0.2, -0.15) is 0 Å². The van der Waals surface area contributed by atoms with Crippen molar-refractivity contribution in [3.8, 4) is 5.75 Å². The van der Waals surface area contributed by atoms with Crippen LogP contribution in [0.3, 0.4) is 0 Å². The summed E-state index contributed by atoms with van der Waals surface area (Å²) in [6.07, 6.45) is 1.01. The number of aliphatic hydroxyl groups is 1. The predicted octanol–water partition coefficient (Wildman–Crippen LogP) is 1.73. The number of hydrogen-bond acceptors (Lipinski definition) is 3. The van der Waals surface area contributed by atoms with Gasteiger partial charge >= 0.3 is 0 Å². The molecule has 1 unspecified atom stereocenters. The minimum atomic E-state index is 0.173. The lowest BCUT2D eigenvalue weighted by Gasteiger charge is -2.16. The summed E-state index contributed by atoms with van der Waals surface area (Å²) in [6, 6.07) is 8.33. The molecule has 2 N–H and O–H groups in total. The molecule has 0 heterocycles. The number of benzene rings is 1. The van der Waals surface area contributed by atoms with Crippen LogP contribution in [0.1, 0.15) is 24.9 Å². The van der Waals surface area contributed by atoms with Crippen LogP contribution in [0.5, 0.6) is 5.75 Å². The molecule has 1 rings (SSSR count). The molecule has 0 fully saturated rings. The molecule has 0 saturated heterocycles. The zero-order valence-corrected chi connectivity index (χ0v) is 9.36. The third-order valence-corrected chi connectivity index (χ3v) is 2.43. The van der Waals surface area contributed by atoms with Gasteiger partial charge in [-0.05, 0) is 24.1 Å². The fourth-order valence-corrected chi connectivity index (χ4v) is 1.57. The molecule has 3 nitrogen and oxygen atoms in total. The number of rotatable bonds is 6. The Morgan fingerprint density at radius 1 is 1.33 bits per heavy atom. The smallest absolute Gasteiger partial charge is 0.118 e. The average molecular weight is 209 g/mol. The number of ether oxygens (including phenoxy) is 1. The van der Waals surface area contributed by atoms with Gasteiger partial charge in [0.2, 0.25) is 0 Å². The first-order chi connectivity index (χ1) is 7.31. The standard InChI is InChI=1S/C12H19NO2/c1-3-12(13-8-9-14)10-4-6-11(15-2)7-5-10/h4-7,12-14H,3,8-9H2,1-2H3. The van der Waals surface area contributed by atoms with Gasteiger partial charge in [-0.25, -0.2) is 0 Å². The summed E-state index contributed by atoms with van der Waals surface area (Å²) in [4.78, 5) is 0. The highest BCUT2D eigenvalue weighted by molar-refractivity contribution is 5.29. The first kappa shape index (κ1) is 12.0. The third-order valence-electron chi connectivity index (χ3n) is 2.43. The minimum Gasteiger partial charge on any atom is -0.497 e. The van der Waals surface area contributed by atoms with Crippen molar-refractivity contribution in [1.29, 1.82) is 0 Å². The lowest BCUT2D eigenvalue weighted by Crippen LogP contribution is -2.23. The summed E-state index contributed by atoms with van der Waals surface area (Å²) in [6.45, 7) is 2.93. The van der Waals surface area contributed by atoms with E-state index in [2.05, 4.69) is 24.4 Å². The largest absolute Gasteiger partial charge is 0.497 e. The third kappa shape index (κ3) is 3.53. The van der Waals surface area contributed by atoms with Crippen LogP contribution in [0.25, 0.3) is 0 Å². The van der Waals surface area contributed by atoms with Crippen molar-refractivity contribution in [2.45, 2.75) is 19.4 Å². The molecule has 0 aliphatic rings. The second-order valence-corrected chi connectivity index (χ2v) is 3.41. The number of methoxy groups -OCH3 is 1. The normalized spacial score (nSPS) is 12.5. The molecule has 0 radical (unpaired) electrons. The summed E-state index contributed by atoms with van der Waals surface area (Å²) in [7, 11) is 1.66. The molecule has 1 aromatic rings. The van der Waals surface area contributed by atoms with Crippen LogP contribution in [-0.2, 0) is 0 Å². The first-order valence-electron chi connectivity index (χ1n) is 5.30. The quantitative estimate of drug-likeness (QED) is 0.749. The summed E-state index contributed by atoms with van der Waals surface area (Å²) >= 11 is 0. The lowest BCUT2D eigenvalue weighted by atomic mass is 10.0. The van der Waals surface area contributed by atoms with Crippen molar-refractivity contribution < 1.29 is 9.84 Å². The number of aliphatic hydroxyl groups excluding tert-OH is 1. The Hall–Kier alpha value is -1.06. The first-order valence-corrected chi connectivity index (χ1v) is 5.30. The summed E-state index contributed by atoms with van der Waals surface area (Å²) in [5.41, 5.74) is 1.23. The van der Waals surface area contributed by atoms with E-state index < -0.39 is 0 Å². The molecule has 3 heteroatoms. The molecule has 0 saturated carbocycles. The maximum Gasteiger partial charge on any atom is 0.118 e. The molecule has 84 valence electrons. The van der Waals surface area contributed by atoms with Gasteiger partial charge in [-0.1, -0.05) is 19.1 Å². The Bertz CT molecular complexity index is 271.